The van der Waals surface area contributed by atoms with Crippen molar-refractivity contribution in [2.24, 2.45) is 11.1 Å². The molecule has 18 heavy (non-hydrogen) atoms. The summed E-state index contributed by atoms with van der Waals surface area (Å²) in [5, 5.41) is 2.91. The molecule has 5 heteroatoms. The summed E-state index contributed by atoms with van der Waals surface area (Å²) in [7, 11) is 0. The number of nitrogens with one attached hydrogen (secondary N) is 1. The smallest absolute Gasteiger partial charge is 0.237 e. The topological polar surface area (TPSA) is 55.1 Å². The van der Waals surface area contributed by atoms with Crippen LogP contribution in [0.1, 0.15) is 20.3 Å². The number of hydrogen-bond acceptors (Lipinski definition) is 3. The van der Waals surface area contributed by atoms with Gasteiger partial charge in [-0.15, -0.1) is 11.8 Å². The van der Waals surface area contributed by atoms with E-state index in [1.807, 2.05) is 37.4 Å². The Kier molecular flexibility index (Phi) is 5.16. The van der Waals surface area contributed by atoms with Gasteiger partial charge in [0, 0.05) is 4.90 Å². The molecule has 0 aliphatic carbocycles. The van der Waals surface area contributed by atoms with Gasteiger partial charge in [-0.3, -0.25) is 4.79 Å². The Hall–Kier alpha value is -1.07. The van der Waals surface area contributed by atoms with Gasteiger partial charge in [-0.05, 0) is 31.7 Å². The van der Waals surface area contributed by atoms with Crippen LogP contribution < -0.4 is 11.1 Å². The lowest BCUT2D eigenvalue weighted by Gasteiger charge is -2.26. The molecule has 0 radical (unpaired) electrons. The van der Waals surface area contributed by atoms with Crippen molar-refractivity contribution in [1.29, 1.82) is 0 Å². The molecule has 1 aromatic rings. The maximum atomic E-state index is 12.3. The molecule has 1 atom stereocenters. The van der Waals surface area contributed by atoms with E-state index in [0.29, 0.717) is 6.42 Å². The molecule has 0 heterocycles. The molecular weight excluding hydrogens is 264 g/mol. The van der Waals surface area contributed by atoms with E-state index in [0.717, 1.165) is 10.6 Å². The van der Waals surface area contributed by atoms with Gasteiger partial charge >= 0.3 is 0 Å². The highest BCUT2D eigenvalue weighted by Crippen LogP contribution is 2.28. The molecule has 3 N–H and O–H groups in total. The van der Waals surface area contributed by atoms with E-state index >= 15 is 0 Å². The van der Waals surface area contributed by atoms with Crippen molar-refractivity contribution in [3.05, 3.63) is 24.3 Å². The number of thiocarbonyl (C=S) groups is 1. The van der Waals surface area contributed by atoms with E-state index < -0.39 is 5.41 Å². The molecule has 1 amide bonds. The standard InChI is InChI=1S/C13H18N2OS2/c1-4-13(2,11(14)17)12(16)15-9-7-5-6-8-10(9)18-3/h5-8H,4H2,1-3H3,(H2,14,17)(H,15,16). The SMILES string of the molecule is CCC(C)(C(=O)Nc1ccccc1SC)C(N)=S. The summed E-state index contributed by atoms with van der Waals surface area (Å²) < 4.78 is 0. The number of carbonyl (C=O) groups excluding carboxylic acids is 1. The van der Waals surface area contributed by atoms with E-state index in [4.69, 9.17) is 18.0 Å². The van der Waals surface area contributed by atoms with E-state index in [2.05, 4.69) is 5.32 Å². The Morgan fingerprint density at radius 2 is 2.11 bits per heavy atom. The van der Waals surface area contributed by atoms with Gasteiger partial charge in [0.15, 0.2) is 0 Å². The summed E-state index contributed by atoms with van der Waals surface area (Å²) >= 11 is 6.58. The normalized spacial score (nSPS) is 13.7. The third-order valence-corrected chi connectivity index (χ3v) is 4.35. The van der Waals surface area contributed by atoms with Gasteiger partial charge in [-0.25, -0.2) is 0 Å². The van der Waals surface area contributed by atoms with Crippen LogP contribution in [0.25, 0.3) is 0 Å². The van der Waals surface area contributed by atoms with Crippen LogP contribution in [0.3, 0.4) is 0 Å². The van der Waals surface area contributed by atoms with E-state index in [-0.39, 0.29) is 10.9 Å². The summed E-state index contributed by atoms with van der Waals surface area (Å²) in [6.45, 7) is 3.67. The quantitative estimate of drug-likeness (QED) is 0.644. The molecule has 0 fully saturated rings. The fourth-order valence-electron chi connectivity index (χ4n) is 1.45. The van der Waals surface area contributed by atoms with Gasteiger partial charge in [0.1, 0.15) is 0 Å². The maximum Gasteiger partial charge on any atom is 0.237 e. The van der Waals surface area contributed by atoms with Gasteiger partial charge in [0.2, 0.25) is 5.91 Å². The zero-order valence-corrected chi connectivity index (χ0v) is 12.5. The maximum absolute atomic E-state index is 12.3. The van der Waals surface area contributed by atoms with E-state index in [1.54, 1.807) is 18.7 Å². The highest BCUT2D eigenvalue weighted by molar-refractivity contribution is 7.98. The lowest BCUT2D eigenvalue weighted by molar-refractivity contribution is -0.121. The minimum absolute atomic E-state index is 0.154. The third-order valence-electron chi connectivity index (χ3n) is 3.11. The largest absolute Gasteiger partial charge is 0.392 e. The third kappa shape index (κ3) is 3.03. The molecule has 0 saturated carbocycles. The van der Waals surface area contributed by atoms with Crippen molar-refractivity contribution < 1.29 is 4.79 Å². The number of amides is 1. The van der Waals surface area contributed by atoms with Gasteiger partial charge in [-0.2, -0.15) is 0 Å². The van der Waals surface area contributed by atoms with Crippen molar-refractivity contribution in [2.45, 2.75) is 25.2 Å². The van der Waals surface area contributed by atoms with Crippen molar-refractivity contribution in [1.82, 2.24) is 0 Å². The second-order valence-corrected chi connectivity index (χ2v) is 5.49. The first-order valence-corrected chi connectivity index (χ1v) is 7.33. The van der Waals surface area contributed by atoms with E-state index in [9.17, 15) is 4.79 Å². The van der Waals surface area contributed by atoms with Gasteiger partial charge in [-0.1, -0.05) is 31.3 Å². The molecule has 98 valence electrons. The van der Waals surface area contributed by atoms with Crippen molar-refractivity contribution in [3.63, 3.8) is 0 Å². The van der Waals surface area contributed by atoms with Gasteiger partial charge in [0.05, 0.1) is 16.1 Å². The lowest BCUT2D eigenvalue weighted by atomic mass is 9.86. The fraction of sp³-hybridized carbons (Fsp3) is 0.385. The molecule has 1 unspecified atom stereocenters. The summed E-state index contributed by atoms with van der Waals surface area (Å²) in [4.78, 5) is 13.5. The Labute approximate surface area is 118 Å². The predicted octanol–water partition coefficient (Wildman–Crippen LogP) is 3.05. The van der Waals surface area contributed by atoms with Crippen molar-refractivity contribution in [2.75, 3.05) is 11.6 Å². The second kappa shape index (κ2) is 6.20. The van der Waals surface area contributed by atoms with Crippen LogP contribution in [0.5, 0.6) is 0 Å². The van der Waals surface area contributed by atoms with Crippen molar-refractivity contribution in [3.8, 4) is 0 Å². The van der Waals surface area contributed by atoms with Crippen LogP contribution in [-0.2, 0) is 4.79 Å². The highest BCUT2D eigenvalue weighted by Gasteiger charge is 2.34. The lowest BCUT2D eigenvalue weighted by Crippen LogP contribution is -2.43. The zero-order chi connectivity index (χ0) is 13.8. The number of carbonyl (C=O) groups is 1. The Morgan fingerprint density at radius 3 is 2.61 bits per heavy atom. The Morgan fingerprint density at radius 1 is 1.50 bits per heavy atom. The summed E-state index contributed by atoms with van der Waals surface area (Å²) in [5.74, 6) is -0.154. The zero-order valence-electron chi connectivity index (χ0n) is 10.8. The van der Waals surface area contributed by atoms with Crippen LogP contribution >= 0.6 is 24.0 Å². The number of benzene rings is 1. The average Bonchev–Trinajstić information content (AvgIpc) is 2.37. The van der Waals surface area contributed by atoms with E-state index in [1.165, 1.54) is 0 Å². The second-order valence-electron chi connectivity index (χ2n) is 4.20. The fourth-order valence-corrected chi connectivity index (χ4v) is 2.25. The Bertz CT molecular complexity index is 462. The monoisotopic (exact) mass is 282 g/mol. The van der Waals surface area contributed by atoms with Crippen LogP contribution in [-0.4, -0.2) is 17.2 Å². The number of hydrogen-bond donors (Lipinski definition) is 2. The first-order chi connectivity index (χ1) is 8.45. The number of para-hydroxylation sites is 1. The summed E-state index contributed by atoms with van der Waals surface area (Å²) in [5.41, 5.74) is 5.66. The average molecular weight is 282 g/mol. The van der Waals surface area contributed by atoms with Crippen LogP contribution in [0, 0.1) is 5.41 Å². The van der Waals surface area contributed by atoms with Gasteiger partial charge < -0.3 is 11.1 Å². The minimum atomic E-state index is -0.805. The van der Waals surface area contributed by atoms with Crippen LogP contribution in [0.4, 0.5) is 5.69 Å². The van der Waals surface area contributed by atoms with Gasteiger partial charge in [0.25, 0.3) is 0 Å². The first-order valence-electron chi connectivity index (χ1n) is 5.70. The Balaban J connectivity index is 2.97. The molecule has 1 aromatic carbocycles. The molecule has 0 spiro atoms. The summed E-state index contributed by atoms with van der Waals surface area (Å²) in [6.07, 6.45) is 2.55. The molecule has 1 rings (SSSR count). The summed E-state index contributed by atoms with van der Waals surface area (Å²) in [6, 6.07) is 7.66. The highest BCUT2D eigenvalue weighted by atomic mass is 32.2. The molecule has 0 bridgehead atoms. The molecular formula is C13H18N2OS2. The molecule has 0 aliphatic heterocycles. The minimum Gasteiger partial charge on any atom is -0.392 e. The van der Waals surface area contributed by atoms with Crippen LogP contribution in [0.2, 0.25) is 0 Å². The predicted molar refractivity (Wildman–Crippen MR) is 82.0 cm³/mol. The molecule has 0 saturated heterocycles. The molecule has 3 nitrogen and oxygen atoms in total. The number of thioether (sulfide) groups is 1. The van der Waals surface area contributed by atoms with Crippen molar-refractivity contribution >= 4 is 40.6 Å². The first kappa shape index (κ1) is 15.0. The molecule has 0 aromatic heterocycles. The number of anilines is 1. The van der Waals surface area contributed by atoms with Crippen LogP contribution in [0.15, 0.2) is 29.2 Å². The molecule has 0 aliphatic rings. The number of rotatable bonds is 5. The number of nitrogens with two attached hydrogens (primary N) is 1.